The van der Waals surface area contributed by atoms with Gasteiger partial charge in [-0.05, 0) is 5.92 Å². The lowest BCUT2D eigenvalue weighted by molar-refractivity contribution is 0.125. The van der Waals surface area contributed by atoms with Gasteiger partial charge in [-0.25, -0.2) is 4.98 Å². The van der Waals surface area contributed by atoms with Crippen LogP contribution in [0.25, 0.3) is 0 Å². The lowest BCUT2D eigenvalue weighted by Crippen LogP contribution is -2.33. The second kappa shape index (κ2) is 4.37. The summed E-state index contributed by atoms with van der Waals surface area (Å²) < 4.78 is 0.574. The van der Waals surface area contributed by atoms with Crippen molar-refractivity contribution in [3.05, 3.63) is 15.5 Å². The topological polar surface area (TPSA) is 59.1 Å². The van der Waals surface area contributed by atoms with Gasteiger partial charge >= 0.3 is 0 Å². The zero-order chi connectivity index (χ0) is 10.0. The molecule has 1 aromatic heterocycles. The number of hydrogen-bond donors (Lipinski definition) is 2. The minimum absolute atomic E-state index is 0.220. The Morgan fingerprint density at radius 1 is 1.62 bits per heavy atom. The first-order valence-corrected chi connectivity index (χ1v) is 5.26. The van der Waals surface area contributed by atoms with Crippen LogP contribution in [0.4, 0.5) is 0 Å². The van der Waals surface area contributed by atoms with E-state index in [-0.39, 0.29) is 12.0 Å². The van der Waals surface area contributed by atoms with E-state index in [2.05, 4.69) is 4.98 Å². The molecule has 0 amide bonds. The second-order valence-corrected chi connectivity index (χ2v) is 4.96. The van der Waals surface area contributed by atoms with Gasteiger partial charge in [-0.3, -0.25) is 0 Å². The number of nitrogens with zero attached hydrogens (tertiary/aromatic N) is 1. The van der Waals surface area contributed by atoms with Crippen LogP contribution in [0.15, 0.2) is 6.20 Å². The van der Waals surface area contributed by atoms with Crippen LogP contribution >= 0.6 is 22.9 Å². The molecule has 1 aromatic rings. The number of hydrogen-bond acceptors (Lipinski definition) is 4. The Balaban J connectivity index is 2.73. The fourth-order valence-corrected chi connectivity index (χ4v) is 1.91. The predicted molar refractivity (Wildman–Crippen MR) is 54.9 cm³/mol. The number of aliphatic hydroxyl groups excluding tert-OH is 1. The van der Waals surface area contributed by atoms with Crippen LogP contribution < -0.4 is 5.73 Å². The Labute approximate surface area is 86.6 Å². The smallest absolute Gasteiger partial charge is 0.124 e. The van der Waals surface area contributed by atoms with Gasteiger partial charge in [-0.1, -0.05) is 25.4 Å². The molecular formula is C8H13ClN2OS. The van der Waals surface area contributed by atoms with Crippen molar-refractivity contribution in [2.75, 3.05) is 0 Å². The highest BCUT2D eigenvalue weighted by atomic mass is 35.5. The molecule has 3 nitrogen and oxygen atoms in total. The molecule has 0 saturated carbocycles. The fraction of sp³-hybridized carbons (Fsp3) is 0.625. The summed E-state index contributed by atoms with van der Waals surface area (Å²) in [6.07, 6.45) is 0.815. The number of aromatic nitrogens is 1. The quantitative estimate of drug-likeness (QED) is 0.817. The van der Waals surface area contributed by atoms with Crippen molar-refractivity contribution in [1.29, 1.82) is 0 Å². The number of thiazole rings is 1. The van der Waals surface area contributed by atoms with E-state index < -0.39 is 6.10 Å². The van der Waals surface area contributed by atoms with Crippen molar-refractivity contribution in [1.82, 2.24) is 4.98 Å². The van der Waals surface area contributed by atoms with Crippen molar-refractivity contribution in [3.63, 3.8) is 0 Å². The zero-order valence-corrected chi connectivity index (χ0v) is 9.14. The molecule has 0 bridgehead atoms. The molecule has 0 radical (unpaired) electrons. The summed E-state index contributed by atoms with van der Waals surface area (Å²) >= 11 is 6.96. The summed E-state index contributed by atoms with van der Waals surface area (Å²) in [5.74, 6) is 0.220. The molecule has 74 valence electrons. The molecule has 0 aromatic carbocycles. The van der Waals surface area contributed by atoms with E-state index in [0.29, 0.717) is 9.34 Å². The number of nitrogens with two attached hydrogens (primary N) is 1. The third-order valence-electron chi connectivity index (χ3n) is 1.88. The first kappa shape index (κ1) is 10.9. The first-order chi connectivity index (χ1) is 6.02. The van der Waals surface area contributed by atoms with Gasteiger partial charge in [0.25, 0.3) is 0 Å². The molecule has 5 heteroatoms. The molecule has 13 heavy (non-hydrogen) atoms. The van der Waals surface area contributed by atoms with Gasteiger partial charge in [-0.15, -0.1) is 11.3 Å². The van der Waals surface area contributed by atoms with Crippen LogP contribution in [0.3, 0.4) is 0 Å². The Morgan fingerprint density at radius 2 is 2.23 bits per heavy atom. The van der Waals surface area contributed by atoms with Gasteiger partial charge in [0.1, 0.15) is 15.4 Å². The lowest BCUT2D eigenvalue weighted by atomic mass is 10.0. The second-order valence-electron chi connectivity index (χ2n) is 3.27. The Morgan fingerprint density at radius 3 is 2.62 bits per heavy atom. The van der Waals surface area contributed by atoms with Gasteiger partial charge in [0.2, 0.25) is 0 Å². The molecule has 0 aliphatic carbocycles. The average molecular weight is 221 g/mol. The van der Waals surface area contributed by atoms with Crippen LogP contribution in [-0.2, 0) is 0 Å². The van der Waals surface area contributed by atoms with Crippen molar-refractivity contribution in [2.24, 2.45) is 11.7 Å². The van der Waals surface area contributed by atoms with Crippen molar-refractivity contribution in [2.45, 2.75) is 26.0 Å². The van der Waals surface area contributed by atoms with E-state index in [4.69, 9.17) is 17.3 Å². The van der Waals surface area contributed by atoms with E-state index in [1.165, 1.54) is 17.5 Å². The highest BCUT2D eigenvalue weighted by Gasteiger charge is 2.22. The van der Waals surface area contributed by atoms with Crippen LogP contribution in [0, 0.1) is 5.92 Å². The molecule has 1 rings (SSSR count). The molecule has 0 aliphatic rings. The lowest BCUT2D eigenvalue weighted by Gasteiger charge is -2.19. The van der Waals surface area contributed by atoms with Crippen molar-refractivity contribution >= 4 is 22.9 Å². The molecule has 3 N–H and O–H groups in total. The molecule has 0 spiro atoms. The normalized spacial score (nSPS) is 16.2. The summed E-state index contributed by atoms with van der Waals surface area (Å²) in [6.45, 7) is 3.92. The van der Waals surface area contributed by atoms with E-state index in [0.717, 1.165) is 0 Å². The van der Waals surface area contributed by atoms with Gasteiger partial charge < -0.3 is 10.8 Å². The largest absolute Gasteiger partial charge is 0.384 e. The molecule has 1 heterocycles. The third-order valence-corrected chi connectivity index (χ3v) is 3.07. The van der Waals surface area contributed by atoms with Gasteiger partial charge in [0.15, 0.2) is 0 Å². The number of halogens is 1. The maximum atomic E-state index is 9.74. The van der Waals surface area contributed by atoms with E-state index in [9.17, 15) is 5.11 Å². The van der Waals surface area contributed by atoms with E-state index in [1.54, 1.807) is 0 Å². The van der Waals surface area contributed by atoms with Crippen LogP contribution in [0.2, 0.25) is 4.34 Å². The molecule has 0 saturated heterocycles. The SMILES string of the molecule is CC(C)C(N)C(O)c1ncc(Cl)s1. The summed E-state index contributed by atoms with van der Waals surface area (Å²) in [6, 6.07) is -0.290. The Kier molecular flexibility index (Phi) is 3.67. The number of rotatable bonds is 3. The average Bonchev–Trinajstić information content (AvgIpc) is 2.49. The van der Waals surface area contributed by atoms with Gasteiger partial charge in [-0.2, -0.15) is 0 Å². The number of aliphatic hydroxyl groups is 1. The van der Waals surface area contributed by atoms with E-state index >= 15 is 0 Å². The van der Waals surface area contributed by atoms with Crippen LogP contribution in [0.5, 0.6) is 0 Å². The van der Waals surface area contributed by atoms with Gasteiger partial charge in [0, 0.05) is 6.04 Å². The fourth-order valence-electron chi connectivity index (χ4n) is 0.933. The Hall–Kier alpha value is -0.160. The molecular weight excluding hydrogens is 208 g/mol. The first-order valence-electron chi connectivity index (χ1n) is 4.07. The summed E-state index contributed by atoms with van der Waals surface area (Å²) in [5, 5.41) is 10.3. The van der Waals surface area contributed by atoms with Crippen molar-refractivity contribution < 1.29 is 5.11 Å². The maximum absolute atomic E-state index is 9.74. The Bertz CT molecular complexity index is 277. The molecule has 0 aliphatic heterocycles. The van der Waals surface area contributed by atoms with Crippen molar-refractivity contribution in [3.8, 4) is 0 Å². The standard InChI is InChI=1S/C8H13ClN2OS/c1-4(2)6(10)7(12)8-11-3-5(9)13-8/h3-4,6-7,12H,10H2,1-2H3. The third kappa shape index (κ3) is 2.64. The highest BCUT2D eigenvalue weighted by molar-refractivity contribution is 7.15. The molecule has 2 unspecified atom stereocenters. The zero-order valence-electron chi connectivity index (χ0n) is 7.57. The molecule has 2 atom stereocenters. The van der Waals surface area contributed by atoms with Gasteiger partial charge in [0.05, 0.1) is 6.20 Å². The van der Waals surface area contributed by atoms with Crippen LogP contribution in [0.1, 0.15) is 25.0 Å². The summed E-state index contributed by atoms with van der Waals surface area (Å²) in [5.41, 5.74) is 5.77. The van der Waals surface area contributed by atoms with Crippen LogP contribution in [-0.4, -0.2) is 16.1 Å². The minimum atomic E-state index is -0.711. The summed E-state index contributed by atoms with van der Waals surface area (Å²) in [7, 11) is 0. The predicted octanol–water partition coefficient (Wildman–Crippen LogP) is 1.81. The molecule has 0 fully saturated rings. The maximum Gasteiger partial charge on any atom is 0.124 e. The monoisotopic (exact) mass is 220 g/mol. The minimum Gasteiger partial charge on any atom is -0.384 e. The summed E-state index contributed by atoms with van der Waals surface area (Å²) in [4.78, 5) is 3.98. The van der Waals surface area contributed by atoms with E-state index in [1.807, 2.05) is 13.8 Å². The highest BCUT2D eigenvalue weighted by Crippen LogP contribution is 2.27.